The third kappa shape index (κ3) is 2.97. The maximum atomic E-state index is 11.6. The van der Waals surface area contributed by atoms with E-state index >= 15 is 0 Å². The van der Waals surface area contributed by atoms with Gasteiger partial charge in [0, 0.05) is 10.9 Å². The summed E-state index contributed by atoms with van der Waals surface area (Å²) in [6.07, 6.45) is 0.882. The Morgan fingerprint density at radius 2 is 2.10 bits per heavy atom. The van der Waals surface area contributed by atoms with Gasteiger partial charge < -0.3 is 4.98 Å². The van der Waals surface area contributed by atoms with E-state index in [-0.39, 0.29) is 12.2 Å². The summed E-state index contributed by atoms with van der Waals surface area (Å²) in [5, 5.41) is 9.32. The van der Waals surface area contributed by atoms with Crippen LogP contribution in [0.4, 0.5) is 5.69 Å². The number of benzene rings is 1. The third-order valence-corrected chi connectivity index (χ3v) is 3.39. The minimum atomic E-state index is -3.36. The second-order valence-corrected chi connectivity index (χ2v) is 6.32. The monoisotopic (exact) mass is 291 g/mol. The molecule has 20 heavy (non-hydrogen) atoms. The summed E-state index contributed by atoms with van der Waals surface area (Å²) in [5.41, 5.74) is 2.20. The number of nitrogens with zero attached hydrogens (tertiary/aromatic N) is 1. The van der Waals surface area contributed by atoms with Crippen LogP contribution in [0.3, 0.4) is 0 Å². The van der Waals surface area contributed by atoms with E-state index in [2.05, 4.69) is 9.71 Å². The SMILES string of the molecule is Cc1cc2cc(C(=O)CC#N)[nH]c2cc1NS(C)(=O)=O. The van der Waals surface area contributed by atoms with E-state index in [9.17, 15) is 13.2 Å². The van der Waals surface area contributed by atoms with Crippen LogP contribution in [-0.4, -0.2) is 25.4 Å². The van der Waals surface area contributed by atoms with Crippen molar-refractivity contribution < 1.29 is 13.2 Å². The van der Waals surface area contributed by atoms with Crippen molar-refractivity contribution in [1.29, 1.82) is 5.26 Å². The van der Waals surface area contributed by atoms with Crippen LogP contribution in [0.1, 0.15) is 22.5 Å². The summed E-state index contributed by atoms with van der Waals surface area (Å²) in [7, 11) is -3.36. The number of rotatable bonds is 4. The molecule has 0 amide bonds. The molecular weight excluding hydrogens is 278 g/mol. The highest BCUT2D eigenvalue weighted by Gasteiger charge is 2.12. The van der Waals surface area contributed by atoms with Crippen LogP contribution >= 0.6 is 0 Å². The van der Waals surface area contributed by atoms with Gasteiger partial charge in [-0.1, -0.05) is 0 Å². The molecule has 1 heterocycles. The number of nitrogens with one attached hydrogen (secondary N) is 2. The Hall–Kier alpha value is -2.33. The lowest BCUT2D eigenvalue weighted by Crippen LogP contribution is -2.10. The summed E-state index contributed by atoms with van der Waals surface area (Å²) in [6.45, 7) is 1.77. The van der Waals surface area contributed by atoms with E-state index in [4.69, 9.17) is 5.26 Å². The highest BCUT2D eigenvalue weighted by atomic mass is 32.2. The molecule has 2 aromatic rings. The molecule has 104 valence electrons. The summed E-state index contributed by atoms with van der Waals surface area (Å²) in [4.78, 5) is 14.5. The number of aromatic nitrogens is 1. The van der Waals surface area contributed by atoms with E-state index in [0.29, 0.717) is 16.9 Å². The third-order valence-electron chi connectivity index (χ3n) is 2.80. The molecule has 0 aliphatic rings. The molecule has 0 spiro atoms. The molecule has 0 saturated heterocycles. The number of aryl methyl sites for hydroxylation is 1. The fourth-order valence-corrected chi connectivity index (χ4v) is 2.54. The van der Waals surface area contributed by atoms with E-state index in [1.807, 2.05) is 0 Å². The van der Waals surface area contributed by atoms with Gasteiger partial charge in [0.15, 0.2) is 5.78 Å². The summed E-state index contributed by atoms with van der Waals surface area (Å²) in [6, 6.07) is 6.88. The number of anilines is 1. The zero-order valence-electron chi connectivity index (χ0n) is 11.0. The lowest BCUT2D eigenvalue weighted by Gasteiger charge is -2.07. The van der Waals surface area contributed by atoms with Crippen LogP contribution in [0.2, 0.25) is 0 Å². The minimum absolute atomic E-state index is 0.194. The summed E-state index contributed by atoms with van der Waals surface area (Å²) < 4.78 is 25.0. The number of sulfonamides is 1. The first-order chi connectivity index (χ1) is 9.30. The molecule has 0 radical (unpaired) electrons. The van der Waals surface area contributed by atoms with Gasteiger partial charge in [0.25, 0.3) is 0 Å². The molecule has 0 aliphatic heterocycles. The zero-order valence-corrected chi connectivity index (χ0v) is 11.8. The largest absolute Gasteiger partial charge is 0.352 e. The number of fused-ring (bicyclic) bond motifs is 1. The Morgan fingerprint density at radius 1 is 1.40 bits per heavy atom. The van der Waals surface area contributed by atoms with Crippen molar-refractivity contribution in [2.75, 3.05) is 11.0 Å². The topological polar surface area (TPSA) is 103 Å². The van der Waals surface area contributed by atoms with Gasteiger partial charge in [0.2, 0.25) is 10.0 Å². The van der Waals surface area contributed by atoms with Crippen LogP contribution in [-0.2, 0) is 10.0 Å². The van der Waals surface area contributed by atoms with Crippen molar-refractivity contribution >= 4 is 32.4 Å². The Kier molecular flexibility index (Phi) is 3.51. The molecule has 0 saturated carbocycles. The lowest BCUT2D eigenvalue weighted by atomic mass is 10.1. The van der Waals surface area contributed by atoms with Crippen LogP contribution in [0.5, 0.6) is 0 Å². The average molecular weight is 291 g/mol. The van der Waals surface area contributed by atoms with Gasteiger partial charge in [-0.3, -0.25) is 9.52 Å². The minimum Gasteiger partial charge on any atom is -0.352 e. The molecule has 0 fully saturated rings. The normalized spacial score (nSPS) is 11.2. The molecule has 6 nitrogen and oxygen atoms in total. The Morgan fingerprint density at radius 3 is 2.70 bits per heavy atom. The predicted molar refractivity (Wildman–Crippen MR) is 76.1 cm³/mol. The van der Waals surface area contributed by atoms with Crippen LogP contribution in [0, 0.1) is 18.3 Å². The molecule has 0 unspecified atom stereocenters. The molecule has 2 rings (SSSR count). The van der Waals surface area contributed by atoms with E-state index < -0.39 is 10.0 Å². The van der Waals surface area contributed by atoms with Crippen molar-refractivity contribution in [3.05, 3.63) is 29.5 Å². The van der Waals surface area contributed by atoms with Gasteiger partial charge in [-0.05, 0) is 30.7 Å². The second kappa shape index (κ2) is 4.98. The summed E-state index contributed by atoms with van der Waals surface area (Å²) >= 11 is 0. The van der Waals surface area contributed by atoms with Gasteiger partial charge in [0.05, 0.1) is 23.7 Å². The standard InChI is InChI=1S/C13H13N3O3S/c1-8-5-9-6-12(13(17)3-4-14)15-11(9)7-10(8)16-20(2,18)19/h5-7,15-16H,3H2,1-2H3. The molecule has 0 atom stereocenters. The number of hydrogen-bond donors (Lipinski definition) is 2. The molecule has 1 aromatic heterocycles. The number of carbonyl (C=O) groups excluding carboxylic acids is 1. The molecule has 2 N–H and O–H groups in total. The highest BCUT2D eigenvalue weighted by molar-refractivity contribution is 7.92. The van der Waals surface area contributed by atoms with Gasteiger partial charge in [-0.2, -0.15) is 5.26 Å². The number of H-pyrrole nitrogens is 1. The predicted octanol–water partition coefficient (Wildman–Crippen LogP) is 1.94. The first kappa shape index (κ1) is 14.1. The van der Waals surface area contributed by atoms with Gasteiger partial charge >= 0.3 is 0 Å². The number of nitriles is 1. The quantitative estimate of drug-likeness (QED) is 0.840. The molecule has 0 aliphatic carbocycles. The second-order valence-electron chi connectivity index (χ2n) is 4.57. The van der Waals surface area contributed by atoms with E-state index in [1.165, 1.54) is 0 Å². The van der Waals surface area contributed by atoms with Gasteiger partial charge in [0.1, 0.15) is 6.42 Å². The maximum absolute atomic E-state index is 11.6. The van der Waals surface area contributed by atoms with Crippen molar-refractivity contribution in [2.24, 2.45) is 0 Å². The van der Waals surface area contributed by atoms with Crippen molar-refractivity contribution in [1.82, 2.24) is 4.98 Å². The first-order valence-corrected chi connectivity index (χ1v) is 7.70. The molecular formula is C13H13N3O3S. The van der Waals surface area contributed by atoms with E-state index in [0.717, 1.165) is 17.2 Å². The van der Waals surface area contributed by atoms with Crippen molar-refractivity contribution in [3.63, 3.8) is 0 Å². The molecule has 0 bridgehead atoms. The van der Waals surface area contributed by atoms with Crippen molar-refractivity contribution in [2.45, 2.75) is 13.3 Å². The Balaban J connectivity index is 2.49. The molecule has 1 aromatic carbocycles. The van der Waals surface area contributed by atoms with Crippen LogP contribution < -0.4 is 4.72 Å². The maximum Gasteiger partial charge on any atom is 0.229 e. The zero-order chi connectivity index (χ0) is 14.9. The van der Waals surface area contributed by atoms with E-state index in [1.54, 1.807) is 31.2 Å². The fraction of sp³-hybridized carbons (Fsp3) is 0.231. The lowest BCUT2D eigenvalue weighted by molar-refractivity contribution is 0.0994. The average Bonchev–Trinajstić information content (AvgIpc) is 2.71. The number of carbonyl (C=O) groups is 1. The first-order valence-electron chi connectivity index (χ1n) is 5.81. The van der Waals surface area contributed by atoms with Gasteiger partial charge in [-0.15, -0.1) is 0 Å². The fourth-order valence-electron chi connectivity index (χ4n) is 1.92. The molecule has 7 heteroatoms. The Labute approximate surface area is 116 Å². The number of hydrogen-bond acceptors (Lipinski definition) is 4. The summed E-state index contributed by atoms with van der Waals surface area (Å²) in [5.74, 6) is -0.293. The number of ketones is 1. The highest BCUT2D eigenvalue weighted by Crippen LogP contribution is 2.25. The smallest absolute Gasteiger partial charge is 0.229 e. The van der Waals surface area contributed by atoms with Crippen LogP contribution in [0.15, 0.2) is 18.2 Å². The van der Waals surface area contributed by atoms with Gasteiger partial charge in [-0.25, -0.2) is 8.42 Å². The van der Waals surface area contributed by atoms with Crippen LogP contribution in [0.25, 0.3) is 10.9 Å². The number of aromatic amines is 1. The Bertz CT molecular complexity index is 828. The number of Topliss-reactive ketones (excluding diaryl/α,β-unsaturated/α-hetero) is 1. The van der Waals surface area contributed by atoms with Crippen molar-refractivity contribution in [3.8, 4) is 6.07 Å².